The first-order valence-corrected chi connectivity index (χ1v) is 12.8. The Labute approximate surface area is 214 Å². The van der Waals surface area contributed by atoms with E-state index in [1.165, 1.54) is 42.9 Å². The third kappa shape index (κ3) is 8.66. The molecule has 0 saturated heterocycles. The zero-order chi connectivity index (χ0) is 25.8. The van der Waals surface area contributed by atoms with Gasteiger partial charge >= 0.3 is 6.18 Å². The number of halogens is 3. The maximum atomic E-state index is 13.8. The molecule has 0 atom stereocenters. The summed E-state index contributed by atoms with van der Waals surface area (Å²) in [6.45, 7) is 4.34. The molecule has 0 amide bonds. The van der Waals surface area contributed by atoms with Crippen molar-refractivity contribution in [3.8, 4) is 23.7 Å². The Bertz CT molecular complexity index is 1230. The van der Waals surface area contributed by atoms with Crippen LogP contribution in [0.2, 0.25) is 0 Å². The van der Waals surface area contributed by atoms with Gasteiger partial charge in [0.15, 0.2) is 0 Å². The molecule has 0 saturated carbocycles. The Morgan fingerprint density at radius 2 is 1.00 bits per heavy atom. The monoisotopic (exact) mass is 486 g/mol. The first kappa shape index (κ1) is 27.2. The molecule has 0 heterocycles. The van der Waals surface area contributed by atoms with Crippen molar-refractivity contribution in [1.82, 2.24) is 0 Å². The average molecular weight is 487 g/mol. The molecule has 0 unspecified atom stereocenters. The van der Waals surface area contributed by atoms with Gasteiger partial charge in [-0.25, -0.2) is 0 Å². The molecule has 3 rings (SSSR count). The van der Waals surface area contributed by atoms with E-state index in [-0.39, 0.29) is 5.56 Å². The van der Waals surface area contributed by atoms with E-state index in [1.54, 1.807) is 6.07 Å². The first-order valence-electron chi connectivity index (χ1n) is 12.8. The summed E-state index contributed by atoms with van der Waals surface area (Å²) in [7, 11) is 0. The minimum Gasteiger partial charge on any atom is -0.166 e. The summed E-state index contributed by atoms with van der Waals surface area (Å²) in [4.78, 5) is 0. The van der Waals surface area contributed by atoms with Gasteiger partial charge in [-0.2, -0.15) is 13.2 Å². The van der Waals surface area contributed by atoms with Gasteiger partial charge in [-0.15, -0.1) is 0 Å². The van der Waals surface area contributed by atoms with Gasteiger partial charge in [0.25, 0.3) is 0 Å². The summed E-state index contributed by atoms with van der Waals surface area (Å²) in [5.74, 6) is 11.5. The lowest BCUT2D eigenvalue weighted by Gasteiger charge is -2.09. The van der Waals surface area contributed by atoms with E-state index < -0.39 is 11.7 Å². The van der Waals surface area contributed by atoms with Crippen LogP contribution in [0.3, 0.4) is 0 Å². The molecule has 0 aliphatic heterocycles. The predicted octanol–water partition coefficient (Wildman–Crippen LogP) is 8.97. The van der Waals surface area contributed by atoms with Crippen LogP contribution in [0.15, 0.2) is 66.7 Å². The van der Waals surface area contributed by atoms with Gasteiger partial charge in [0.05, 0.1) is 5.56 Å². The van der Waals surface area contributed by atoms with Crippen molar-refractivity contribution in [2.75, 3.05) is 0 Å². The summed E-state index contributed by atoms with van der Waals surface area (Å²) in [5, 5.41) is 0. The molecule has 0 N–H and O–H groups in total. The Balaban J connectivity index is 1.75. The van der Waals surface area contributed by atoms with Gasteiger partial charge in [-0.1, -0.05) is 87.5 Å². The smallest absolute Gasteiger partial charge is 0.166 e. The standard InChI is InChI=1S/C33H33F3/c1-3-5-7-9-26-11-15-28(16-12-26)19-20-30-22-24-31(32(25-30)33(34,35)36)23-21-29-17-13-27(14-18-29)10-8-6-4-2/h11-18,22,24-25H,3-10H2,1-2H3. The predicted molar refractivity (Wildman–Crippen MR) is 143 cm³/mol. The zero-order valence-corrected chi connectivity index (χ0v) is 21.1. The Morgan fingerprint density at radius 1 is 0.556 bits per heavy atom. The van der Waals surface area contributed by atoms with E-state index in [1.807, 2.05) is 48.5 Å². The average Bonchev–Trinajstić information content (AvgIpc) is 2.88. The molecule has 0 fully saturated rings. The topological polar surface area (TPSA) is 0 Å². The van der Waals surface area contributed by atoms with Crippen molar-refractivity contribution in [1.29, 1.82) is 0 Å². The van der Waals surface area contributed by atoms with Crippen LogP contribution in [0.1, 0.15) is 91.3 Å². The third-order valence-corrected chi connectivity index (χ3v) is 6.06. The third-order valence-electron chi connectivity index (χ3n) is 6.06. The van der Waals surface area contributed by atoms with E-state index in [0.717, 1.165) is 37.3 Å². The molecule has 3 aromatic rings. The first-order chi connectivity index (χ1) is 17.4. The Kier molecular flexibility index (Phi) is 10.3. The van der Waals surface area contributed by atoms with Gasteiger partial charge in [0, 0.05) is 22.3 Å². The van der Waals surface area contributed by atoms with Crippen molar-refractivity contribution < 1.29 is 13.2 Å². The minimum absolute atomic E-state index is 0.0449. The second-order valence-electron chi connectivity index (χ2n) is 9.07. The molecule has 0 aliphatic carbocycles. The highest BCUT2D eigenvalue weighted by Gasteiger charge is 2.33. The SMILES string of the molecule is CCCCCc1ccc(C#Cc2ccc(C#Cc3ccc(CCCCC)cc3)c(C(F)(F)F)c2)cc1. The number of hydrogen-bond donors (Lipinski definition) is 0. The van der Waals surface area contributed by atoms with Crippen LogP contribution in [0.25, 0.3) is 0 Å². The van der Waals surface area contributed by atoms with Crippen LogP contribution in [0, 0.1) is 23.7 Å². The molecule has 0 aliphatic rings. The van der Waals surface area contributed by atoms with Crippen LogP contribution in [-0.2, 0) is 19.0 Å². The summed E-state index contributed by atoms with van der Waals surface area (Å²) in [5.41, 5.74) is 3.47. The van der Waals surface area contributed by atoms with Gasteiger partial charge in [-0.3, -0.25) is 0 Å². The fourth-order valence-electron chi connectivity index (χ4n) is 3.92. The van der Waals surface area contributed by atoms with Crippen LogP contribution in [-0.4, -0.2) is 0 Å². The fourth-order valence-corrected chi connectivity index (χ4v) is 3.92. The summed E-state index contributed by atoms with van der Waals surface area (Å²) in [6, 6.07) is 19.8. The van der Waals surface area contributed by atoms with Gasteiger partial charge in [-0.05, 0) is 79.3 Å². The second kappa shape index (κ2) is 13.6. The minimum atomic E-state index is -4.51. The number of hydrogen-bond acceptors (Lipinski definition) is 0. The molecule has 36 heavy (non-hydrogen) atoms. The van der Waals surface area contributed by atoms with Crippen molar-refractivity contribution in [2.24, 2.45) is 0 Å². The number of alkyl halides is 3. The molecule has 0 nitrogen and oxygen atoms in total. The molecule has 186 valence electrons. The van der Waals surface area contributed by atoms with Crippen molar-refractivity contribution in [3.05, 3.63) is 106 Å². The highest BCUT2D eigenvalue weighted by Crippen LogP contribution is 2.32. The fraction of sp³-hybridized carbons (Fsp3) is 0.333. The lowest BCUT2D eigenvalue weighted by molar-refractivity contribution is -0.137. The van der Waals surface area contributed by atoms with Gasteiger partial charge < -0.3 is 0 Å². The van der Waals surface area contributed by atoms with E-state index >= 15 is 0 Å². The second-order valence-corrected chi connectivity index (χ2v) is 9.07. The highest BCUT2D eigenvalue weighted by molar-refractivity contribution is 5.52. The molecule has 0 spiro atoms. The quantitative estimate of drug-likeness (QED) is 0.220. The van der Waals surface area contributed by atoms with Crippen LogP contribution >= 0.6 is 0 Å². The van der Waals surface area contributed by atoms with E-state index in [0.29, 0.717) is 11.1 Å². The van der Waals surface area contributed by atoms with Crippen molar-refractivity contribution in [2.45, 2.75) is 71.4 Å². The Hall–Kier alpha value is -3.43. The number of unbranched alkanes of at least 4 members (excludes halogenated alkanes) is 4. The molecule has 0 radical (unpaired) electrons. The maximum absolute atomic E-state index is 13.8. The molecule has 3 heteroatoms. The number of aryl methyl sites for hydroxylation is 2. The largest absolute Gasteiger partial charge is 0.417 e. The summed E-state index contributed by atoms with van der Waals surface area (Å²) >= 11 is 0. The molecular weight excluding hydrogens is 453 g/mol. The van der Waals surface area contributed by atoms with Gasteiger partial charge in [0.2, 0.25) is 0 Å². The highest BCUT2D eigenvalue weighted by atomic mass is 19.4. The molecule has 3 aromatic carbocycles. The van der Waals surface area contributed by atoms with Crippen LogP contribution < -0.4 is 0 Å². The number of rotatable bonds is 8. The zero-order valence-electron chi connectivity index (χ0n) is 21.1. The Morgan fingerprint density at radius 3 is 1.47 bits per heavy atom. The van der Waals surface area contributed by atoms with Crippen LogP contribution in [0.5, 0.6) is 0 Å². The lowest BCUT2D eigenvalue weighted by Crippen LogP contribution is -2.08. The molecule has 0 aromatic heterocycles. The summed E-state index contributed by atoms with van der Waals surface area (Å²) in [6.07, 6.45) is 4.56. The molecular formula is C33H33F3. The van der Waals surface area contributed by atoms with Crippen LogP contribution in [0.4, 0.5) is 13.2 Å². The van der Waals surface area contributed by atoms with Crippen molar-refractivity contribution >= 4 is 0 Å². The maximum Gasteiger partial charge on any atom is 0.417 e. The normalized spacial score (nSPS) is 10.8. The van der Waals surface area contributed by atoms with E-state index in [9.17, 15) is 13.2 Å². The van der Waals surface area contributed by atoms with E-state index in [2.05, 4.69) is 37.5 Å². The van der Waals surface area contributed by atoms with E-state index in [4.69, 9.17) is 0 Å². The van der Waals surface area contributed by atoms with Gasteiger partial charge in [0.1, 0.15) is 0 Å². The molecule has 0 bridgehead atoms. The summed E-state index contributed by atoms with van der Waals surface area (Å²) < 4.78 is 41.3. The lowest BCUT2D eigenvalue weighted by atomic mass is 10.0. The van der Waals surface area contributed by atoms with Crippen molar-refractivity contribution in [3.63, 3.8) is 0 Å². The number of benzene rings is 3.